The minimum atomic E-state index is 0.563. The zero-order valence-corrected chi connectivity index (χ0v) is 16.8. The highest BCUT2D eigenvalue weighted by molar-refractivity contribution is 5.84. The molecule has 0 radical (unpaired) electrons. The standard InChI is InChI=1S/C26H34O/c1-3-5-19-6-7-21-16-22(9-8-20(21)15-19)23-10-11-25-18-26(27-14-4-2)13-12-24(25)17-23/h4,10-13,17-22H,2-3,5-9,14-16H2,1H3/t19?,20-,21?,22-/m1/s1. The number of benzene rings is 2. The molecule has 2 aliphatic rings. The Hall–Kier alpha value is -1.76. The van der Waals surface area contributed by atoms with Crippen molar-refractivity contribution in [1.82, 2.24) is 0 Å². The van der Waals surface area contributed by atoms with Gasteiger partial charge in [-0.05, 0) is 84.2 Å². The zero-order chi connectivity index (χ0) is 18.6. The maximum absolute atomic E-state index is 5.68. The summed E-state index contributed by atoms with van der Waals surface area (Å²) in [6.45, 7) is 6.63. The molecular weight excluding hydrogens is 328 g/mol. The molecule has 2 fully saturated rings. The molecule has 0 saturated heterocycles. The van der Waals surface area contributed by atoms with Crippen LogP contribution in [0.5, 0.6) is 5.75 Å². The highest BCUT2D eigenvalue weighted by atomic mass is 16.5. The predicted molar refractivity (Wildman–Crippen MR) is 115 cm³/mol. The number of ether oxygens (including phenoxy) is 1. The summed E-state index contributed by atoms with van der Waals surface area (Å²) in [5, 5.41) is 2.61. The fourth-order valence-electron chi connectivity index (χ4n) is 5.70. The Labute approximate surface area is 164 Å². The maximum Gasteiger partial charge on any atom is 0.120 e. The molecule has 2 aromatic rings. The van der Waals surface area contributed by atoms with E-state index in [9.17, 15) is 0 Å². The third kappa shape index (κ3) is 4.23. The molecule has 0 aromatic heterocycles. The molecule has 4 atom stereocenters. The van der Waals surface area contributed by atoms with Gasteiger partial charge in [-0.1, -0.05) is 63.1 Å². The summed E-state index contributed by atoms with van der Waals surface area (Å²) in [6, 6.07) is 13.5. The minimum Gasteiger partial charge on any atom is -0.490 e. The summed E-state index contributed by atoms with van der Waals surface area (Å²) in [6.07, 6.45) is 13.3. The summed E-state index contributed by atoms with van der Waals surface area (Å²) in [5.41, 5.74) is 1.55. The molecule has 4 rings (SSSR count). The van der Waals surface area contributed by atoms with Crippen molar-refractivity contribution >= 4 is 10.8 Å². The molecular formula is C26H34O. The lowest BCUT2D eigenvalue weighted by Crippen LogP contribution is -2.30. The molecule has 0 spiro atoms. The molecule has 1 heteroatoms. The maximum atomic E-state index is 5.68. The van der Waals surface area contributed by atoms with Crippen molar-refractivity contribution in [3.8, 4) is 5.75 Å². The van der Waals surface area contributed by atoms with Gasteiger partial charge < -0.3 is 4.74 Å². The van der Waals surface area contributed by atoms with Crippen LogP contribution in [0.3, 0.4) is 0 Å². The van der Waals surface area contributed by atoms with Crippen LogP contribution in [-0.4, -0.2) is 6.61 Å². The Morgan fingerprint density at radius 1 is 0.963 bits per heavy atom. The molecule has 2 saturated carbocycles. The lowest BCUT2D eigenvalue weighted by atomic mass is 9.63. The van der Waals surface area contributed by atoms with Gasteiger partial charge in [-0.2, -0.15) is 0 Å². The van der Waals surface area contributed by atoms with Crippen LogP contribution >= 0.6 is 0 Å². The van der Waals surface area contributed by atoms with Crippen molar-refractivity contribution in [2.24, 2.45) is 17.8 Å². The first-order valence-electron chi connectivity index (χ1n) is 11.0. The summed E-state index contributed by atoms with van der Waals surface area (Å²) < 4.78 is 5.68. The van der Waals surface area contributed by atoms with Crippen LogP contribution in [0.25, 0.3) is 10.8 Å². The van der Waals surface area contributed by atoms with Gasteiger partial charge in [0.05, 0.1) is 0 Å². The van der Waals surface area contributed by atoms with E-state index in [0.29, 0.717) is 6.61 Å². The Morgan fingerprint density at radius 2 is 1.74 bits per heavy atom. The van der Waals surface area contributed by atoms with Gasteiger partial charge in [-0.25, -0.2) is 0 Å². The molecule has 2 aliphatic carbocycles. The van der Waals surface area contributed by atoms with Crippen LogP contribution < -0.4 is 4.74 Å². The summed E-state index contributed by atoms with van der Waals surface area (Å²) in [4.78, 5) is 0. The molecule has 0 heterocycles. The van der Waals surface area contributed by atoms with Crippen LogP contribution in [-0.2, 0) is 0 Å². The van der Waals surface area contributed by atoms with E-state index in [2.05, 4.69) is 49.9 Å². The van der Waals surface area contributed by atoms with Crippen LogP contribution in [0.4, 0.5) is 0 Å². The van der Waals surface area contributed by atoms with Gasteiger partial charge >= 0.3 is 0 Å². The van der Waals surface area contributed by atoms with Crippen molar-refractivity contribution < 1.29 is 4.74 Å². The van der Waals surface area contributed by atoms with Gasteiger partial charge in [0.15, 0.2) is 0 Å². The van der Waals surface area contributed by atoms with Crippen LogP contribution in [0.1, 0.15) is 69.8 Å². The van der Waals surface area contributed by atoms with E-state index in [1.165, 1.54) is 62.1 Å². The third-order valence-corrected chi connectivity index (χ3v) is 7.09. The minimum absolute atomic E-state index is 0.563. The molecule has 1 nitrogen and oxygen atoms in total. The first-order valence-corrected chi connectivity index (χ1v) is 11.0. The van der Waals surface area contributed by atoms with Gasteiger partial charge in [-0.15, -0.1) is 0 Å². The number of hydrogen-bond donors (Lipinski definition) is 0. The smallest absolute Gasteiger partial charge is 0.120 e. The Balaban J connectivity index is 1.44. The monoisotopic (exact) mass is 362 g/mol. The number of hydrogen-bond acceptors (Lipinski definition) is 1. The largest absolute Gasteiger partial charge is 0.490 e. The number of rotatable bonds is 6. The highest BCUT2D eigenvalue weighted by Gasteiger charge is 2.35. The van der Waals surface area contributed by atoms with Crippen molar-refractivity contribution in [3.63, 3.8) is 0 Å². The molecule has 0 aliphatic heterocycles. The van der Waals surface area contributed by atoms with Crippen molar-refractivity contribution in [2.45, 2.75) is 64.2 Å². The molecule has 0 bridgehead atoms. The van der Waals surface area contributed by atoms with E-state index >= 15 is 0 Å². The van der Waals surface area contributed by atoms with Gasteiger partial charge in [0.1, 0.15) is 12.4 Å². The normalized spacial score (nSPS) is 27.9. The van der Waals surface area contributed by atoms with Gasteiger partial charge in [0.2, 0.25) is 0 Å². The quantitative estimate of drug-likeness (QED) is 0.483. The van der Waals surface area contributed by atoms with Crippen molar-refractivity contribution in [2.75, 3.05) is 6.61 Å². The Bertz CT molecular complexity index is 777. The zero-order valence-electron chi connectivity index (χ0n) is 16.8. The lowest BCUT2D eigenvalue weighted by Gasteiger charge is -2.42. The van der Waals surface area contributed by atoms with Gasteiger partial charge in [0, 0.05) is 0 Å². The van der Waals surface area contributed by atoms with Gasteiger partial charge in [-0.3, -0.25) is 0 Å². The Kier molecular flexibility index (Phi) is 5.86. The topological polar surface area (TPSA) is 9.23 Å². The van der Waals surface area contributed by atoms with Crippen molar-refractivity contribution in [3.05, 3.63) is 54.6 Å². The van der Waals surface area contributed by atoms with Crippen molar-refractivity contribution in [1.29, 1.82) is 0 Å². The van der Waals surface area contributed by atoms with E-state index in [0.717, 1.165) is 29.4 Å². The van der Waals surface area contributed by atoms with Crippen LogP contribution in [0.2, 0.25) is 0 Å². The fourth-order valence-corrected chi connectivity index (χ4v) is 5.70. The average Bonchev–Trinajstić information content (AvgIpc) is 2.71. The summed E-state index contributed by atoms with van der Waals surface area (Å²) in [7, 11) is 0. The van der Waals surface area contributed by atoms with E-state index in [1.54, 1.807) is 11.6 Å². The number of fused-ring (bicyclic) bond motifs is 2. The van der Waals surface area contributed by atoms with Crippen LogP contribution in [0, 0.1) is 17.8 Å². The lowest BCUT2D eigenvalue weighted by molar-refractivity contribution is 0.114. The van der Waals surface area contributed by atoms with E-state index < -0.39 is 0 Å². The Morgan fingerprint density at radius 3 is 2.59 bits per heavy atom. The summed E-state index contributed by atoms with van der Waals surface area (Å²) >= 11 is 0. The fraction of sp³-hybridized carbons (Fsp3) is 0.538. The second kappa shape index (κ2) is 8.50. The van der Waals surface area contributed by atoms with E-state index in [-0.39, 0.29) is 0 Å². The summed E-state index contributed by atoms with van der Waals surface area (Å²) in [5.74, 6) is 4.69. The third-order valence-electron chi connectivity index (χ3n) is 7.09. The highest BCUT2D eigenvalue weighted by Crippen LogP contribution is 2.48. The first-order chi connectivity index (χ1) is 13.3. The average molecular weight is 363 g/mol. The molecule has 0 amide bonds. The molecule has 27 heavy (non-hydrogen) atoms. The van der Waals surface area contributed by atoms with E-state index in [1.807, 2.05) is 0 Å². The van der Waals surface area contributed by atoms with Crippen LogP contribution in [0.15, 0.2) is 49.1 Å². The second-order valence-corrected chi connectivity index (χ2v) is 8.87. The molecule has 0 N–H and O–H groups in total. The first kappa shape index (κ1) is 18.6. The van der Waals surface area contributed by atoms with Gasteiger partial charge in [0.25, 0.3) is 0 Å². The molecule has 144 valence electrons. The molecule has 2 aromatic carbocycles. The SMILES string of the molecule is C=CCOc1ccc2cc([C@@H]3CC[C@@H]4CC(CCC)CCC4C3)ccc2c1. The predicted octanol–water partition coefficient (Wildman–Crippen LogP) is 7.50. The molecule has 2 unspecified atom stereocenters. The second-order valence-electron chi connectivity index (χ2n) is 8.87. The van der Waals surface area contributed by atoms with E-state index in [4.69, 9.17) is 4.74 Å².